The van der Waals surface area contributed by atoms with Crippen LogP contribution in [-0.4, -0.2) is 38.3 Å². The van der Waals surface area contributed by atoms with Gasteiger partial charge in [-0.15, -0.1) is 0 Å². The molecule has 70 valence electrons. The highest BCUT2D eigenvalue weighted by atomic mass is 16.5. The van der Waals surface area contributed by atoms with Crippen LogP contribution in [0.25, 0.3) is 0 Å². The molecule has 0 aromatic carbocycles. The largest absolute Gasteiger partial charge is 0.381 e. The summed E-state index contributed by atoms with van der Waals surface area (Å²) in [5.41, 5.74) is 0.533. The number of nitrogens with zero attached hydrogens (tertiary/aromatic N) is 1. The highest BCUT2D eigenvalue weighted by Crippen LogP contribution is 2.36. The van der Waals surface area contributed by atoms with Crippen molar-refractivity contribution in [1.29, 1.82) is 0 Å². The minimum absolute atomic E-state index is 0.533. The second-order valence-electron chi connectivity index (χ2n) is 4.50. The van der Waals surface area contributed by atoms with Gasteiger partial charge in [-0.25, -0.2) is 0 Å². The van der Waals surface area contributed by atoms with Crippen LogP contribution in [0.5, 0.6) is 0 Å². The molecular formula is C10H19NO. The van der Waals surface area contributed by atoms with Gasteiger partial charge in [0.2, 0.25) is 0 Å². The molecule has 0 N–H and O–H groups in total. The zero-order valence-corrected chi connectivity index (χ0v) is 8.01. The molecule has 2 saturated heterocycles. The van der Waals surface area contributed by atoms with Crippen molar-refractivity contribution in [3.05, 3.63) is 0 Å². The van der Waals surface area contributed by atoms with Gasteiger partial charge < -0.3 is 9.64 Å². The molecule has 0 saturated carbocycles. The molecule has 1 spiro atoms. The summed E-state index contributed by atoms with van der Waals surface area (Å²) in [6.07, 6.45) is 5.41. The molecule has 1 atom stereocenters. The number of hydrogen-bond donors (Lipinski definition) is 0. The third-order valence-corrected chi connectivity index (χ3v) is 3.26. The Morgan fingerprint density at radius 2 is 2.08 bits per heavy atom. The maximum atomic E-state index is 5.58. The number of hydrogen-bond acceptors (Lipinski definition) is 2. The van der Waals surface area contributed by atoms with E-state index in [-0.39, 0.29) is 0 Å². The molecule has 2 aliphatic heterocycles. The Bertz CT molecular complexity index is 146. The Hall–Kier alpha value is -0.0800. The lowest BCUT2D eigenvalue weighted by molar-refractivity contribution is -0.0438. The van der Waals surface area contributed by atoms with E-state index in [1.54, 1.807) is 0 Å². The second kappa shape index (κ2) is 3.35. The molecule has 2 rings (SSSR count). The second-order valence-corrected chi connectivity index (χ2v) is 4.50. The van der Waals surface area contributed by atoms with E-state index in [2.05, 4.69) is 11.9 Å². The molecule has 0 bridgehead atoms. The van der Waals surface area contributed by atoms with E-state index in [0.29, 0.717) is 5.41 Å². The summed E-state index contributed by atoms with van der Waals surface area (Å²) >= 11 is 0. The topological polar surface area (TPSA) is 12.5 Å². The van der Waals surface area contributed by atoms with Crippen LogP contribution in [0.2, 0.25) is 0 Å². The van der Waals surface area contributed by atoms with E-state index in [9.17, 15) is 0 Å². The summed E-state index contributed by atoms with van der Waals surface area (Å²) in [5.74, 6) is 0. The quantitative estimate of drug-likeness (QED) is 0.545. The van der Waals surface area contributed by atoms with Crippen LogP contribution in [-0.2, 0) is 4.74 Å². The van der Waals surface area contributed by atoms with Crippen LogP contribution in [0.1, 0.15) is 25.7 Å². The predicted molar refractivity (Wildman–Crippen MR) is 49.2 cm³/mol. The maximum Gasteiger partial charge on any atom is 0.0534 e. The minimum Gasteiger partial charge on any atom is -0.381 e. The van der Waals surface area contributed by atoms with Gasteiger partial charge in [-0.05, 0) is 39.3 Å². The van der Waals surface area contributed by atoms with E-state index in [0.717, 1.165) is 13.2 Å². The van der Waals surface area contributed by atoms with Crippen molar-refractivity contribution < 1.29 is 4.74 Å². The standard InChI is InChI=1S/C10H19NO/c1-11-6-2-4-10(8-11)5-3-7-12-9-10/h2-9H2,1H3. The summed E-state index contributed by atoms with van der Waals surface area (Å²) in [4.78, 5) is 2.46. The first-order valence-electron chi connectivity index (χ1n) is 5.07. The van der Waals surface area contributed by atoms with E-state index in [1.807, 2.05) is 0 Å². The van der Waals surface area contributed by atoms with Crippen molar-refractivity contribution in [3.8, 4) is 0 Å². The van der Waals surface area contributed by atoms with Gasteiger partial charge >= 0.3 is 0 Å². The Labute approximate surface area is 74.9 Å². The number of ether oxygens (including phenoxy) is 1. The van der Waals surface area contributed by atoms with Crippen molar-refractivity contribution in [2.45, 2.75) is 25.7 Å². The summed E-state index contributed by atoms with van der Waals surface area (Å²) in [7, 11) is 2.23. The molecule has 2 nitrogen and oxygen atoms in total. The van der Waals surface area contributed by atoms with Gasteiger partial charge in [-0.2, -0.15) is 0 Å². The number of rotatable bonds is 0. The Kier molecular flexibility index (Phi) is 2.37. The van der Waals surface area contributed by atoms with Crippen LogP contribution >= 0.6 is 0 Å². The fraction of sp³-hybridized carbons (Fsp3) is 1.00. The molecule has 2 aliphatic rings. The zero-order valence-electron chi connectivity index (χ0n) is 8.01. The lowest BCUT2D eigenvalue weighted by Gasteiger charge is -2.43. The van der Waals surface area contributed by atoms with Gasteiger partial charge in [-0.3, -0.25) is 0 Å². The molecule has 12 heavy (non-hydrogen) atoms. The van der Waals surface area contributed by atoms with Crippen LogP contribution < -0.4 is 0 Å². The molecular weight excluding hydrogens is 150 g/mol. The van der Waals surface area contributed by atoms with E-state index in [1.165, 1.54) is 38.8 Å². The third kappa shape index (κ3) is 1.64. The summed E-state index contributed by atoms with van der Waals surface area (Å²) in [5, 5.41) is 0. The fourth-order valence-electron chi connectivity index (χ4n) is 2.69. The lowest BCUT2D eigenvalue weighted by Crippen LogP contribution is -2.45. The van der Waals surface area contributed by atoms with Crippen LogP contribution in [0.4, 0.5) is 0 Å². The van der Waals surface area contributed by atoms with Gasteiger partial charge in [0.05, 0.1) is 6.61 Å². The molecule has 0 aromatic heterocycles. The van der Waals surface area contributed by atoms with Gasteiger partial charge in [-0.1, -0.05) is 0 Å². The zero-order chi connectivity index (χ0) is 8.44. The van der Waals surface area contributed by atoms with E-state index < -0.39 is 0 Å². The van der Waals surface area contributed by atoms with Crippen molar-refractivity contribution in [1.82, 2.24) is 4.90 Å². The molecule has 2 fully saturated rings. The average Bonchev–Trinajstić information content (AvgIpc) is 2.05. The highest BCUT2D eigenvalue weighted by molar-refractivity contribution is 4.87. The molecule has 2 heteroatoms. The highest BCUT2D eigenvalue weighted by Gasteiger charge is 2.35. The van der Waals surface area contributed by atoms with Gasteiger partial charge in [0.15, 0.2) is 0 Å². The normalized spacial score (nSPS) is 38.8. The van der Waals surface area contributed by atoms with Crippen LogP contribution in [0.15, 0.2) is 0 Å². The first-order valence-corrected chi connectivity index (χ1v) is 5.07. The number of piperidine rings is 1. The Balaban J connectivity index is 1.97. The minimum atomic E-state index is 0.533. The van der Waals surface area contributed by atoms with Crippen molar-refractivity contribution >= 4 is 0 Å². The van der Waals surface area contributed by atoms with Crippen molar-refractivity contribution in [2.75, 3.05) is 33.4 Å². The summed E-state index contributed by atoms with van der Waals surface area (Å²) in [6.45, 7) is 4.54. The first kappa shape index (κ1) is 8.52. The molecule has 0 aromatic rings. The smallest absolute Gasteiger partial charge is 0.0534 e. The van der Waals surface area contributed by atoms with Crippen LogP contribution in [0.3, 0.4) is 0 Å². The molecule has 0 aliphatic carbocycles. The summed E-state index contributed by atoms with van der Waals surface area (Å²) in [6, 6.07) is 0. The van der Waals surface area contributed by atoms with Crippen LogP contribution in [0, 0.1) is 5.41 Å². The third-order valence-electron chi connectivity index (χ3n) is 3.26. The first-order chi connectivity index (χ1) is 5.81. The molecule has 1 unspecified atom stereocenters. The Morgan fingerprint density at radius 3 is 2.75 bits per heavy atom. The molecule has 0 amide bonds. The summed E-state index contributed by atoms with van der Waals surface area (Å²) < 4.78 is 5.58. The monoisotopic (exact) mass is 169 g/mol. The van der Waals surface area contributed by atoms with Crippen molar-refractivity contribution in [2.24, 2.45) is 5.41 Å². The van der Waals surface area contributed by atoms with Gasteiger partial charge in [0.1, 0.15) is 0 Å². The lowest BCUT2D eigenvalue weighted by atomic mass is 9.76. The average molecular weight is 169 g/mol. The predicted octanol–water partition coefficient (Wildman–Crippen LogP) is 1.51. The maximum absolute atomic E-state index is 5.58. The fourth-order valence-corrected chi connectivity index (χ4v) is 2.69. The van der Waals surface area contributed by atoms with Gasteiger partial charge in [0, 0.05) is 18.6 Å². The molecule has 0 radical (unpaired) electrons. The molecule has 2 heterocycles. The van der Waals surface area contributed by atoms with Crippen molar-refractivity contribution in [3.63, 3.8) is 0 Å². The SMILES string of the molecule is CN1CCCC2(CCCOC2)C1. The van der Waals surface area contributed by atoms with E-state index in [4.69, 9.17) is 4.74 Å². The van der Waals surface area contributed by atoms with E-state index >= 15 is 0 Å². The number of likely N-dealkylation sites (tertiary alicyclic amines) is 1. The Morgan fingerprint density at radius 1 is 1.25 bits per heavy atom. The van der Waals surface area contributed by atoms with Gasteiger partial charge in [0.25, 0.3) is 0 Å².